The van der Waals surface area contributed by atoms with Gasteiger partial charge in [-0.1, -0.05) is 25.5 Å². The number of ether oxygens (including phenoxy) is 1. The molecule has 2 unspecified atom stereocenters. The quantitative estimate of drug-likeness (QED) is 0.796. The highest BCUT2D eigenvalue weighted by atomic mass is 16.5. The van der Waals surface area contributed by atoms with Gasteiger partial charge in [-0.05, 0) is 49.2 Å². The summed E-state index contributed by atoms with van der Waals surface area (Å²) in [5.41, 5.74) is 3.12. The number of amides is 3. The van der Waals surface area contributed by atoms with Gasteiger partial charge in [-0.15, -0.1) is 0 Å². The molecular formula is C23H25N3O4. The van der Waals surface area contributed by atoms with Crippen LogP contribution in [-0.4, -0.2) is 30.4 Å². The molecule has 2 heterocycles. The summed E-state index contributed by atoms with van der Waals surface area (Å²) in [5, 5.41) is 5.62. The van der Waals surface area contributed by atoms with Crippen LogP contribution in [0.25, 0.3) is 0 Å². The van der Waals surface area contributed by atoms with Gasteiger partial charge in [0.1, 0.15) is 5.75 Å². The molecule has 7 nitrogen and oxygen atoms in total. The Bertz CT molecular complexity index is 986. The van der Waals surface area contributed by atoms with E-state index in [0.717, 1.165) is 18.5 Å². The minimum absolute atomic E-state index is 0.0570. The topological polar surface area (TPSA) is 87.7 Å². The molecule has 0 bridgehead atoms. The summed E-state index contributed by atoms with van der Waals surface area (Å²) >= 11 is 0. The number of nitrogens with one attached hydrogen (secondary N) is 2. The summed E-state index contributed by atoms with van der Waals surface area (Å²) in [4.78, 5) is 38.7. The zero-order valence-corrected chi connectivity index (χ0v) is 17.1. The second-order valence-corrected chi connectivity index (χ2v) is 7.77. The Labute approximate surface area is 175 Å². The molecule has 0 radical (unpaired) electrons. The Morgan fingerprint density at radius 2 is 1.97 bits per heavy atom. The number of nitrogens with zero attached hydrogens (tertiary/aromatic N) is 1. The first-order valence-electron chi connectivity index (χ1n) is 10.3. The molecule has 2 N–H and O–H groups in total. The van der Waals surface area contributed by atoms with E-state index in [1.54, 1.807) is 30.0 Å². The average molecular weight is 407 g/mol. The number of hydrogen-bond donors (Lipinski definition) is 2. The SMILES string of the molecule is CCCc1ccc(N2CC(C(=O)Nc3ccc4c(c3)NC(=O)C(C)O4)CC2=O)cc1. The lowest BCUT2D eigenvalue weighted by Gasteiger charge is -2.24. The molecule has 3 amide bonds. The largest absolute Gasteiger partial charge is 0.479 e. The standard InChI is InChI=1S/C23H25N3O4/c1-3-4-15-5-8-18(9-6-15)26-13-16(11-21(26)27)23(29)24-17-7-10-20-19(12-17)25-22(28)14(2)30-20/h5-10,12,14,16H,3-4,11,13H2,1-2H3,(H,24,29)(H,25,28). The molecule has 2 aromatic rings. The minimum Gasteiger partial charge on any atom is -0.479 e. The van der Waals surface area contributed by atoms with Crippen molar-refractivity contribution >= 4 is 34.8 Å². The zero-order valence-electron chi connectivity index (χ0n) is 17.1. The van der Waals surface area contributed by atoms with E-state index in [4.69, 9.17) is 4.74 Å². The van der Waals surface area contributed by atoms with Gasteiger partial charge >= 0.3 is 0 Å². The molecule has 30 heavy (non-hydrogen) atoms. The van der Waals surface area contributed by atoms with Crippen LogP contribution in [0.3, 0.4) is 0 Å². The summed E-state index contributed by atoms with van der Waals surface area (Å²) in [7, 11) is 0. The van der Waals surface area contributed by atoms with E-state index in [-0.39, 0.29) is 24.1 Å². The monoisotopic (exact) mass is 407 g/mol. The highest BCUT2D eigenvalue weighted by Gasteiger charge is 2.35. The minimum atomic E-state index is -0.551. The molecule has 0 aromatic heterocycles. The van der Waals surface area contributed by atoms with E-state index >= 15 is 0 Å². The van der Waals surface area contributed by atoms with Gasteiger partial charge in [0.05, 0.1) is 11.6 Å². The Hall–Kier alpha value is -3.35. The Morgan fingerprint density at radius 1 is 1.20 bits per heavy atom. The number of anilines is 3. The fourth-order valence-electron chi connectivity index (χ4n) is 3.79. The van der Waals surface area contributed by atoms with Gasteiger partial charge in [0, 0.05) is 24.3 Å². The fraction of sp³-hybridized carbons (Fsp3) is 0.348. The van der Waals surface area contributed by atoms with Gasteiger partial charge in [-0.2, -0.15) is 0 Å². The smallest absolute Gasteiger partial charge is 0.265 e. The maximum atomic E-state index is 12.8. The van der Waals surface area contributed by atoms with E-state index in [9.17, 15) is 14.4 Å². The highest BCUT2D eigenvalue weighted by Crippen LogP contribution is 2.33. The summed E-state index contributed by atoms with van der Waals surface area (Å²) < 4.78 is 5.53. The van der Waals surface area contributed by atoms with Crippen molar-refractivity contribution in [3.63, 3.8) is 0 Å². The number of hydrogen-bond acceptors (Lipinski definition) is 4. The lowest BCUT2D eigenvalue weighted by Crippen LogP contribution is -2.34. The number of benzene rings is 2. The molecule has 0 aliphatic carbocycles. The van der Waals surface area contributed by atoms with Crippen molar-refractivity contribution in [3.8, 4) is 5.75 Å². The first-order valence-corrected chi connectivity index (χ1v) is 10.3. The third kappa shape index (κ3) is 4.01. The number of carbonyl (C=O) groups is 3. The third-order valence-corrected chi connectivity index (χ3v) is 5.46. The predicted octanol–water partition coefficient (Wildman–Crippen LogP) is 3.35. The van der Waals surface area contributed by atoms with Crippen molar-refractivity contribution in [1.29, 1.82) is 0 Å². The van der Waals surface area contributed by atoms with Gasteiger partial charge in [0.2, 0.25) is 11.8 Å². The van der Waals surface area contributed by atoms with E-state index in [0.29, 0.717) is 23.7 Å². The van der Waals surface area contributed by atoms with Crippen molar-refractivity contribution < 1.29 is 19.1 Å². The van der Waals surface area contributed by atoms with E-state index < -0.39 is 12.0 Å². The average Bonchev–Trinajstić information content (AvgIpc) is 3.12. The maximum Gasteiger partial charge on any atom is 0.265 e. The van der Waals surface area contributed by atoms with E-state index in [2.05, 4.69) is 17.6 Å². The molecule has 0 saturated carbocycles. The van der Waals surface area contributed by atoms with Crippen LogP contribution < -0.4 is 20.3 Å². The van der Waals surface area contributed by atoms with E-state index in [1.807, 2.05) is 24.3 Å². The lowest BCUT2D eigenvalue weighted by atomic mass is 10.1. The van der Waals surface area contributed by atoms with Gasteiger partial charge < -0.3 is 20.3 Å². The molecule has 2 atom stereocenters. The predicted molar refractivity (Wildman–Crippen MR) is 115 cm³/mol. The Kier molecular flexibility index (Phi) is 5.44. The Balaban J connectivity index is 1.42. The molecular weight excluding hydrogens is 382 g/mol. The lowest BCUT2D eigenvalue weighted by molar-refractivity contribution is -0.122. The van der Waals surface area contributed by atoms with Crippen LogP contribution in [0.1, 0.15) is 32.3 Å². The normalized spacial score (nSPS) is 20.4. The first kappa shape index (κ1) is 19.9. The fourth-order valence-corrected chi connectivity index (χ4v) is 3.79. The molecule has 0 spiro atoms. The summed E-state index contributed by atoms with van der Waals surface area (Å²) in [6, 6.07) is 13.0. The van der Waals surface area contributed by atoms with Crippen LogP contribution in [0.15, 0.2) is 42.5 Å². The molecule has 1 fully saturated rings. The van der Waals surface area contributed by atoms with Crippen molar-refractivity contribution in [2.75, 3.05) is 22.1 Å². The van der Waals surface area contributed by atoms with Gasteiger partial charge in [-0.25, -0.2) is 0 Å². The summed E-state index contributed by atoms with van der Waals surface area (Å²) in [5.74, 6) is -0.375. The molecule has 2 aliphatic rings. The number of aryl methyl sites for hydroxylation is 1. The summed E-state index contributed by atoms with van der Waals surface area (Å²) in [6.45, 7) is 4.15. The molecule has 2 aliphatic heterocycles. The Morgan fingerprint density at radius 3 is 2.70 bits per heavy atom. The van der Waals surface area contributed by atoms with Crippen molar-refractivity contribution in [2.45, 2.75) is 39.2 Å². The number of fused-ring (bicyclic) bond motifs is 1. The van der Waals surface area contributed by atoms with Crippen LogP contribution in [0.5, 0.6) is 5.75 Å². The van der Waals surface area contributed by atoms with Crippen LogP contribution in [0, 0.1) is 5.92 Å². The van der Waals surface area contributed by atoms with Crippen molar-refractivity contribution in [1.82, 2.24) is 0 Å². The van der Waals surface area contributed by atoms with Crippen LogP contribution in [-0.2, 0) is 20.8 Å². The third-order valence-electron chi connectivity index (χ3n) is 5.46. The van der Waals surface area contributed by atoms with Gasteiger partial charge in [0.15, 0.2) is 6.10 Å². The summed E-state index contributed by atoms with van der Waals surface area (Å²) in [6.07, 6.45) is 1.70. The van der Waals surface area contributed by atoms with Crippen LogP contribution >= 0.6 is 0 Å². The van der Waals surface area contributed by atoms with Gasteiger partial charge in [0.25, 0.3) is 5.91 Å². The van der Waals surface area contributed by atoms with E-state index in [1.165, 1.54) is 5.56 Å². The zero-order chi connectivity index (χ0) is 21.3. The van der Waals surface area contributed by atoms with Crippen LogP contribution in [0.2, 0.25) is 0 Å². The van der Waals surface area contributed by atoms with Crippen molar-refractivity contribution in [2.24, 2.45) is 5.92 Å². The molecule has 2 aromatic carbocycles. The highest BCUT2D eigenvalue weighted by molar-refractivity contribution is 6.04. The number of rotatable bonds is 5. The molecule has 156 valence electrons. The van der Waals surface area contributed by atoms with Gasteiger partial charge in [-0.3, -0.25) is 14.4 Å². The second-order valence-electron chi connectivity index (χ2n) is 7.77. The number of carbonyl (C=O) groups excluding carboxylic acids is 3. The first-order chi connectivity index (χ1) is 14.4. The maximum absolute atomic E-state index is 12.8. The van der Waals surface area contributed by atoms with Crippen LogP contribution in [0.4, 0.5) is 17.1 Å². The molecule has 7 heteroatoms. The second kappa shape index (κ2) is 8.18. The molecule has 1 saturated heterocycles. The molecule has 4 rings (SSSR count). The van der Waals surface area contributed by atoms with Crippen molar-refractivity contribution in [3.05, 3.63) is 48.0 Å².